The van der Waals surface area contributed by atoms with Gasteiger partial charge in [0.15, 0.2) is 5.79 Å². The molecule has 0 aromatic heterocycles. The maximum absolute atomic E-state index is 5.84. The Morgan fingerprint density at radius 1 is 1.18 bits per heavy atom. The van der Waals surface area contributed by atoms with Crippen LogP contribution in [0, 0.1) is 24.2 Å². The predicted octanol–water partition coefficient (Wildman–Crippen LogP) is 3.39. The summed E-state index contributed by atoms with van der Waals surface area (Å²) in [6.07, 6.45) is 9.76. The Bertz CT molecular complexity index is 489. The van der Waals surface area contributed by atoms with Crippen LogP contribution in [-0.2, 0) is 20.8 Å². The molecule has 0 amide bonds. The topological polar surface area (TPSA) is 27.7 Å². The van der Waals surface area contributed by atoms with Crippen LogP contribution < -0.4 is 0 Å². The summed E-state index contributed by atoms with van der Waals surface area (Å²) in [4.78, 5) is 0. The lowest BCUT2D eigenvalue weighted by molar-refractivity contribution is -0.184. The van der Waals surface area contributed by atoms with Gasteiger partial charge in [0.2, 0.25) is 0 Å². The molecule has 0 radical (unpaired) electrons. The Morgan fingerprint density at radius 2 is 1.86 bits per heavy atom. The Labute approximate surface area is 133 Å². The van der Waals surface area contributed by atoms with Crippen molar-refractivity contribution in [3.8, 4) is 12.3 Å². The Morgan fingerprint density at radius 3 is 2.50 bits per heavy atom. The smallest absolute Gasteiger partial charge is 0.168 e. The van der Waals surface area contributed by atoms with E-state index in [0.29, 0.717) is 19.1 Å². The van der Waals surface area contributed by atoms with E-state index in [4.69, 9.17) is 20.6 Å². The van der Waals surface area contributed by atoms with Crippen molar-refractivity contribution in [2.24, 2.45) is 11.8 Å². The summed E-state index contributed by atoms with van der Waals surface area (Å²) in [6, 6.07) is 10.2. The summed E-state index contributed by atoms with van der Waals surface area (Å²) in [5.41, 5.74) is 1.19. The van der Waals surface area contributed by atoms with Crippen LogP contribution in [0.3, 0.4) is 0 Å². The molecule has 22 heavy (non-hydrogen) atoms. The Balaban J connectivity index is 1.45. The third-order valence-electron chi connectivity index (χ3n) is 4.80. The summed E-state index contributed by atoms with van der Waals surface area (Å²) in [5.74, 6) is 3.32. The van der Waals surface area contributed by atoms with Crippen LogP contribution in [0.2, 0.25) is 0 Å². The molecule has 2 aliphatic rings. The normalized spacial score (nSPS) is 22.5. The monoisotopic (exact) mass is 300 g/mol. The maximum Gasteiger partial charge on any atom is 0.168 e. The van der Waals surface area contributed by atoms with Crippen LogP contribution >= 0.6 is 0 Å². The average Bonchev–Trinajstić information content (AvgIpc) is 3.02. The van der Waals surface area contributed by atoms with Gasteiger partial charge < -0.3 is 14.2 Å². The van der Waals surface area contributed by atoms with Crippen molar-refractivity contribution < 1.29 is 14.2 Å². The third-order valence-corrected chi connectivity index (χ3v) is 4.80. The lowest BCUT2D eigenvalue weighted by Gasteiger charge is -2.37. The van der Waals surface area contributed by atoms with E-state index in [0.717, 1.165) is 38.9 Å². The molecule has 1 aliphatic carbocycles. The molecule has 3 nitrogen and oxygen atoms in total. The SMILES string of the molecule is C#CC(COCc1ccccc1)C1CCC2(CC1)OCCO2. The largest absolute Gasteiger partial charge is 0.375 e. The second-order valence-corrected chi connectivity index (χ2v) is 6.22. The first kappa shape index (κ1) is 15.6. The van der Waals surface area contributed by atoms with Gasteiger partial charge in [-0.25, -0.2) is 0 Å². The van der Waals surface area contributed by atoms with Crippen molar-refractivity contribution >= 4 is 0 Å². The summed E-state index contributed by atoms with van der Waals surface area (Å²) in [6.45, 7) is 2.71. The quantitative estimate of drug-likeness (QED) is 0.780. The van der Waals surface area contributed by atoms with Crippen LogP contribution in [-0.4, -0.2) is 25.6 Å². The molecule has 3 rings (SSSR count). The van der Waals surface area contributed by atoms with Gasteiger partial charge in [0.25, 0.3) is 0 Å². The van der Waals surface area contributed by atoms with Gasteiger partial charge in [-0.15, -0.1) is 12.3 Å². The molecule has 1 aliphatic heterocycles. The average molecular weight is 300 g/mol. The maximum atomic E-state index is 5.84. The molecular weight excluding hydrogens is 276 g/mol. The van der Waals surface area contributed by atoms with Crippen LogP contribution in [0.1, 0.15) is 31.2 Å². The molecular formula is C19H24O3. The highest BCUT2D eigenvalue weighted by Crippen LogP contribution is 2.40. The fourth-order valence-corrected chi connectivity index (χ4v) is 3.47. The minimum absolute atomic E-state index is 0.183. The van der Waals surface area contributed by atoms with Gasteiger partial charge >= 0.3 is 0 Å². The standard InChI is InChI=1S/C19H24O3/c1-2-17(15-20-14-16-6-4-3-5-7-16)18-8-10-19(11-9-18)21-12-13-22-19/h1,3-7,17-18H,8-15H2. The lowest BCUT2D eigenvalue weighted by atomic mass is 9.78. The zero-order valence-electron chi connectivity index (χ0n) is 13.0. The summed E-state index contributed by atoms with van der Waals surface area (Å²) in [5, 5.41) is 0. The summed E-state index contributed by atoms with van der Waals surface area (Å²) in [7, 11) is 0. The van der Waals surface area contributed by atoms with Gasteiger partial charge in [0.05, 0.1) is 26.4 Å². The Hall–Kier alpha value is -1.34. The van der Waals surface area contributed by atoms with Crippen LogP contribution in [0.15, 0.2) is 30.3 Å². The number of terminal acetylenes is 1. The van der Waals surface area contributed by atoms with E-state index in [1.807, 2.05) is 18.2 Å². The minimum atomic E-state index is -0.305. The van der Waals surface area contributed by atoms with Crippen molar-refractivity contribution in [3.63, 3.8) is 0 Å². The van der Waals surface area contributed by atoms with E-state index in [1.165, 1.54) is 5.56 Å². The molecule has 2 fully saturated rings. The molecule has 0 N–H and O–H groups in total. The molecule has 3 heteroatoms. The van der Waals surface area contributed by atoms with Crippen LogP contribution in [0.4, 0.5) is 0 Å². The fourth-order valence-electron chi connectivity index (χ4n) is 3.47. The van der Waals surface area contributed by atoms with Crippen molar-refractivity contribution in [1.29, 1.82) is 0 Å². The van der Waals surface area contributed by atoms with E-state index in [1.54, 1.807) is 0 Å². The fraction of sp³-hybridized carbons (Fsp3) is 0.579. The zero-order valence-corrected chi connectivity index (χ0v) is 13.0. The molecule has 1 aromatic rings. The van der Waals surface area contributed by atoms with E-state index in [2.05, 4.69) is 18.1 Å². The van der Waals surface area contributed by atoms with E-state index in [-0.39, 0.29) is 11.7 Å². The number of benzene rings is 1. The van der Waals surface area contributed by atoms with E-state index < -0.39 is 0 Å². The first-order valence-corrected chi connectivity index (χ1v) is 8.17. The number of hydrogen-bond donors (Lipinski definition) is 0. The number of hydrogen-bond acceptors (Lipinski definition) is 3. The molecule has 1 spiro atoms. The molecule has 1 heterocycles. The molecule has 0 bridgehead atoms. The van der Waals surface area contributed by atoms with Gasteiger partial charge in [0, 0.05) is 18.8 Å². The first-order valence-electron chi connectivity index (χ1n) is 8.17. The second kappa shape index (κ2) is 7.28. The molecule has 1 atom stereocenters. The van der Waals surface area contributed by atoms with Gasteiger partial charge in [-0.1, -0.05) is 30.3 Å². The Kier molecular flexibility index (Phi) is 5.15. The lowest BCUT2D eigenvalue weighted by Crippen LogP contribution is -2.37. The van der Waals surface area contributed by atoms with Gasteiger partial charge in [-0.3, -0.25) is 0 Å². The van der Waals surface area contributed by atoms with Crippen molar-refractivity contribution in [1.82, 2.24) is 0 Å². The highest BCUT2D eigenvalue weighted by Gasteiger charge is 2.41. The molecule has 1 aromatic carbocycles. The van der Waals surface area contributed by atoms with Crippen molar-refractivity contribution in [2.75, 3.05) is 19.8 Å². The second-order valence-electron chi connectivity index (χ2n) is 6.22. The first-order chi connectivity index (χ1) is 10.8. The minimum Gasteiger partial charge on any atom is -0.375 e. The van der Waals surface area contributed by atoms with Crippen LogP contribution in [0.25, 0.3) is 0 Å². The van der Waals surface area contributed by atoms with E-state index >= 15 is 0 Å². The molecule has 1 saturated carbocycles. The van der Waals surface area contributed by atoms with Gasteiger partial charge in [-0.05, 0) is 24.3 Å². The molecule has 1 unspecified atom stereocenters. The highest BCUT2D eigenvalue weighted by atomic mass is 16.7. The summed E-state index contributed by atoms with van der Waals surface area (Å²) < 4.78 is 17.4. The highest BCUT2D eigenvalue weighted by molar-refractivity contribution is 5.13. The summed E-state index contributed by atoms with van der Waals surface area (Å²) >= 11 is 0. The molecule has 1 saturated heterocycles. The predicted molar refractivity (Wildman–Crippen MR) is 85.0 cm³/mol. The van der Waals surface area contributed by atoms with Crippen LogP contribution in [0.5, 0.6) is 0 Å². The third kappa shape index (κ3) is 3.70. The molecule has 118 valence electrons. The zero-order chi connectivity index (χ0) is 15.3. The van der Waals surface area contributed by atoms with Gasteiger partial charge in [-0.2, -0.15) is 0 Å². The van der Waals surface area contributed by atoms with Gasteiger partial charge in [0.1, 0.15) is 0 Å². The van der Waals surface area contributed by atoms with Crippen molar-refractivity contribution in [2.45, 2.75) is 38.1 Å². The number of rotatable bonds is 5. The van der Waals surface area contributed by atoms with E-state index in [9.17, 15) is 0 Å². The number of ether oxygens (including phenoxy) is 3. The van der Waals surface area contributed by atoms with Crippen molar-refractivity contribution in [3.05, 3.63) is 35.9 Å².